The summed E-state index contributed by atoms with van der Waals surface area (Å²) in [6.07, 6.45) is 27.1. The van der Waals surface area contributed by atoms with E-state index in [0.29, 0.717) is 12.8 Å². The number of carbonyl (C=O) groups excluding carboxylic acids is 2. The minimum Gasteiger partial charge on any atom is -0.462 e. The van der Waals surface area contributed by atoms with Crippen molar-refractivity contribution in [2.45, 2.75) is 116 Å². The number of esters is 2. The molecule has 0 saturated carbocycles. The fourth-order valence-electron chi connectivity index (χ4n) is 5.15. The highest BCUT2D eigenvalue weighted by Crippen LogP contribution is 2.36. The maximum atomic E-state index is 12.6. The molecule has 0 heterocycles. The van der Waals surface area contributed by atoms with Gasteiger partial charge in [-0.15, -0.1) is 0 Å². The van der Waals surface area contributed by atoms with Crippen LogP contribution in [-0.4, -0.2) is 41.0 Å². The van der Waals surface area contributed by atoms with Crippen molar-refractivity contribution in [2.24, 2.45) is 0 Å². The lowest BCUT2D eigenvalue weighted by molar-refractivity contribution is -0.161. The van der Waals surface area contributed by atoms with E-state index in [1.807, 2.05) is 91.1 Å². The SMILES string of the molecule is CCCCCCCCCCCCCCCC(=O)OC[C@H](COP(=O)(O)O)OC(=O)CCc1ccc(/C=C/C=C/C=C/c2ccccc2)cc1. The smallest absolute Gasteiger partial charge is 0.462 e. The molecule has 0 saturated heterocycles. The molecule has 0 aliphatic heterocycles. The molecule has 1 atom stereocenters. The molecule has 0 spiro atoms. The van der Waals surface area contributed by atoms with Crippen LogP contribution in [0, 0.1) is 0 Å². The van der Waals surface area contributed by atoms with Crippen LogP contribution in [0.15, 0.2) is 78.9 Å². The molecule has 2 aromatic carbocycles. The van der Waals surface area contributed by atoms with Crippen LogP contribution in [0.2, 0.25) is 0 Å². The molecule has 0 amide bonds. The van der Waals surface area contributed by atoms with Crippen molar-refractivity contribution >= 4 is 31.9 Å². The van der Waals surface area contributed by atoms with E-state index < -0.39 is 32.5 Å². The second kappa shape index (κ2) is 26.6. The Morgan fingerprint density at radius 2 is 1.18 bits per heavy atom. The molecule has 0 unspecified atom stereocenters. The Bertz CT molecular complexity index is 1300. The van der Waals surface area contributed by atoms with Gasteiger partial charge in [0.2, 0.25) is 0 Å². The molecular weight excluding hydrogens is 639 g/mol. The molecule has 0 bridgehead atoms. The normalized spacial score (nSPS) is 12.6. The van der Waals surface area contributed by atoms with Gasteiger partial charge in [0.15, 0.2) is 6.10 Å². The van der Waals surface area contributed by atoms with Crippen molar-refractivity contribution < 1.29 is 37.9 Å². The van der Waals surface area contributed by atoms with Gasteiger partial charge < -0.3 is 19.3 Å². The molecule has 49 heavy (non-hydrogen) atoms. The van der Waals surface area contributed by atoms with E-state index in [1.165, 1.54) is 57.8 Å². The molecule has 0 aliphatic rings. The summed E-state index contributed by atoms with van der Waals surface area (Å²) < 4.78 is 26.4. The van der Waals surface area contributed by atoms with E-state index in [9.17, 15) is 14.2 Å². The zero-order valence-electron chi connectivity index (χ0n) is 29.3. The van der Waals surface area contributed by atoms with Gasteiger partial charge in [0, 0.05) is 12.8 Å². The third kappa shape index (κ3) is 23.7. The number of phosphoric ester groups is 1. The quantitative estimate of drug-likeness (QED) is 0.0410. The summed E-state index contributed by atoms with van der Waals surface area (Å²) >= 11 is 0. The predicted octanol–water partition coefficient (Wildman–Crippen LogP) is 9.95. The zero-order chi connectivity index (χ0) is 35.4. The van der Waals surface area contributed by atoms with Crippen molar-refractivity contribution in [1.29, 1.82) is 0 Å². The summed E-state index contributed by atoms with van der Waals surface area (Å²) in [7, 11) is -4.79. The topological polar surface area (TPSA) is 119 Å². The molecule has 0 fully saturated rings. The summed E-state index contributed by atoms with van der Waals surface area (Å²) in [6.45, 7) is 1.32. The maximum Gasteiger partial charge on any atom is 0.469 e. The molecule has 0 radical (unpaired) electrons. The van der Waals surface area contributed by atoms with Crippen LogP contribution in [0.4, 0.5) is 0 Å². The first kappa shape index (κ1) is 41.9. The monoisotopic (exact) mass is 696 g/mol. The van der Waals surface area contributed by atoms with Crippen molar-refractivity contribution in [2.75, 3.05) is 13.2 Å². The number of allylic oxidation sites excluding steroid dienone is 4. The van der Waals surface area contributed by atoms with Crippen LogP contribution in [0.25, 0.3) is 12.2 Å². The summed E-state index contributed by atoms with van der Waals surface area (Å²) in [5.41, 5.74) is 3.08. The number of carbonyl (C=O) groups is 2. The van der Waals surface area contributed by atoms with Gasteiger partial charge in [-0.3, -0.25) is 14.1 Å². The fourth-order valence-corrected chi connectivity index (χ4v) is 5.51. The highest BCUT2D eigenvalue weighted by Gasteiger charge is 2.23. The number of ether oxygens (including phenoxy) is 2. The number of phosphoric acid groups is 1. The van der Waals surface area contributed by atoms with Gasteiger partial charge in [-0.05, 0) is 29.5 Å². The van der Waals surface area contributed by atoms with E-state index in [0.717, 1.165) is 36.0 Å². The van der Waals surface area contributed by atoms with Gasteiger partial charge in [0.05, 0.1) is 6.61 Å². The first-order valence-corrected chi connectivity index (χ1v) is 19.5. The lowest BCUT2D eigenvalue weighted by atomic mass is 10.0. The Kier molecular flexibility index (Phi) is 22.7. The number of aryl methyl sites for hydroxylation is 1. The van der Waals surface area contributed by atoms with Gasteiger partial charge in [0.1, 0.15) is 6.61 Å². The molecule has 0 aromatic heterocycles. The van der Waals surface area contributed by atoms with Crippen LogP contribution in [0.5, 0.6) is 0 Å². The van der Waals surface area contributed by atoms with Crippen LogP contribution >= 0.6 is 7.82 Å². The minimum atomic E-state index is -4.79. The maximum absolute atomic E-state index is 12.6. The van der Waals surface area contributed by atoms with Crippen LogP contribution in [-0.2, 0) is 34.6 Å². The second-order valence-electron chi connectivity index (χ2n) is 12.3. The summed E-state index contributed by atoms with van der Waals surface area (Å²) in [5.74, 6) is -1.02. The summed E-state index contributed by atoms with van der Waals surface area (Å²) in [4.78, 5) is 43.0. The predicted molar refractivity (Wildman–Crippen MR) is 198 cm³/mol. The van der Waals surface area contributed by atoms with Gasteiger partial charge in [-0.2, -0.15) is 0 Å². The number of hydrogen-bond donors (Lipinski definition) is 2. The van der Waals surface area contributed by atoms with Crippen LogP contribution in [0.1, 0.15) is 120 Å². The lowest BCUT2D eigenvalue weighted by Gasteiger charge is -2.18. The Balaban J connectivity index is 1.64. The first-order chi connectivity index (χ1) is 23.7. The molecule has 9 heteroatoms. The zero-order valence-corrected chi connectivity index (χ0v) is 30.2. The minimum absolute atomic E-state index is 0.0466. The molecule has 8 nitrogen and oxygen atoms in total. The van der Waals surface area contributed by atoms with Gasteiger partial charge >= 0.3 is 19.8 Å². The number of hydrogen-bond acceptors (Lipinski definition) is 6. The van der Waals surface area contributed by atoms with Crippen molar-refractivity contribution in [3.05, 3.63) is 95.6 Å². The Hall–Kier alpha value is -3.29. The standard InChI is InChI=1S/C40H57O8P/c1-2-3-4-5-6-7-8-9-10-11-12-13-21-26-39(41)46-33-38(34-47-49(43,44)45)48-40(42)32-31-37-29-27-36(28-30-37)25-18-15-14-17-22-35-23-19-16-20-24-35/h14-20,22-25,27-30,38H,2-13,21,26,31-34H2,1H3,(H2,43,44,45)/b15-14+,22-17+,25-18+/t38-/m1/s1. The summed E-state index contributed by atoms with van der Waals surface area (Å²) in [5, 5.41) is 0. The average molecular weight is 697 g/mol. The third-order valence-corrected chi connectivity index (χ3v) is 8.43. The van der Waals surface area contributed by atoms with Crippen molar-refractivity contribution in [3.63, 3.8) is 0 Å². The van der Waals surface area contributed by atoms with Gasteiger partial charge in [-0.1, -0.05) is 175 Å². The average Bonchev–Trinajstić information content (AvgIpc) is 3.09. The molecular formula is C40H57O8P. The molecule has 2 rings (SSSR count). The first-order valence-electron chi connectivity index (χ1n) is 18.0. The van der Waals surface area contributed by atoms with Crippen molar-refractivity contribution in [3.8, 4) is 0 Å². The lowest BCUT2D eigenvalue weighted by Crippen LogP contribution is -2.29. The van der Waals surface area contributed by atoms with E-state index in [1.54, 1.807) is 0 Å². The molecule has 2 N–H and O–H groups in total. The number of benzene rings is 2. The highest BCUT2D eigenvalue weighted by molar-refractivity contribution is 7.46. The number of rotatable bonds is 27. The molecule has 270 valence electrons. The Labute approximate surface area is 293 Å². The van der Waals surface area contributed by atoms with Crippen LogP contribution in [0.3, 0.4) is 0 Å². The van der Waals surface area contributed by atoms with E-state index in [-0.39, 0.29) is 19.4 Å². The second-order valence-corrected chi connectivity index (χ2v) is 13.6. The third-order valence-electron chi connectivity index (χ3n) is 7.95. The molecule has 2 aromatic rings. The van der Waals surface area contributed by atoms with Crippen molar-refractivity contribution in [1.82, 2.24) is 0 Å². The summed E-state index contributed by atoms with van der Waals surface area (Å²) in [6, 6.07) is 17.8. The Morgan fingerprint density at radius 1 is 0.653 bits per heavy atom. The highest BCUT2D eigenvalue weighted by atomic mass is 31.2. The van der Waals surface area contributed by atoms with Gasteiger partial charge in [0.25, 0.3) is 0 Å². The van der Waals surface area contributed by atoms with E-state index in [4.69, 9.17) is 19.3 Å². The number of unbranched alkanes of at least 4 members (excludes halogenated alkanes) is 12. The Morgan fingerprint density at radius 3 is 1.73 bits per heavy atom. The van der Waals surface area contributed by atoms with E-state index >= 15 is 0 Å². The van der Waals surface area contributed by atoms with Crippen LogP contribution < -0.4 is 0 Å². The van der Waals surface area contributed by atoms with E-state index in [2.05, 4.69) is 11.4 Å². The van der Waals surface area contributed by atoms with Gasteiger partial charge in [-0.25, -0.2) is 4.57 Å². The fraction of sp³-hybridized carbons (Fsp3) is 0.500. The molecule has 0 aliphatic carbocycles. The largest absolute Gasteiger partial charge is 0.469 e.